The molecule has 0 radical (unpaired) electrons. The van der Waals surface area contributed by atoms with Crippen LogP contribution in [-0.2, 0) is 19.1 Å². The average Bonchev–Trinajstić information content (AvgIpc) is 2.91. The van der Waals surface area contributed by atoms with E-state index in [9.17, 15) is 29.7 Å². The van der Waals surface area contributed by atoms with E-state index in [1.165, 1.54) is 6.42 Å². The second kappa shape index (κ2) is 23.6. The fourth-order valence-corrected chi connectivity index (χ4v) is 4.67. The SMILES string of the molecule is CCCCCCCCC(=O)OCC(O)C(O)(C(=O)CCCCCCCC)C(O)C(=O)CCCCCCCC. The van der Waals surface area contributed by atoms with E-state index in [1.54, 1.807) is 0 Å². The van der Waals surface area contributed by atoms with Crippen LogP contribution in [0, 0.1) is 0 Å². The van der Waals surface area contributed by atoms with Gasteiger partial charge in [0.2, 0.25) is 0 Å². The Hall–Kier alpha value is -1.31. The maximum Gasteiger partial charge on any atom is 0.305 e. The molecule has 0 heterocycles. The smallest absolute Gasteiger partial charge is 0.305 e. The van der Waals surface area contributed by atoms with Gasteiger partial charge in [0.05, 0.1) is 0 Å². The lowest BCUT2D eigenvalue weighted by atomic mass is 9.81. The molecule has 7 heteroatoms. The fraction of sp³-hybridized carbons (Fsp3) is 0.903. The van der Waals surface area contributed by atoms with Crippen LogP contribution >= 0.6 is 0 Å². The minimum atomic E-state index is -2.69. The molecule has 3 N–H and O–H groups in total. The van der Waals surface area contributed by atoms with Gasteiger partial charge < -0.3 is 20.1 Å². The fourth-order valence-electron chi connectivity index (χ4n) is 4.67. The van der Waals surface area contributed by atoms with Crippen molar-refractivity contribution in [3.8, 4) is 0 Å². The third kappa shape index (κ3) is 15.9. The molecule has 0 bridgehead atoms. The van der Waals surface area contributed by atoms with Crippen LogP contribution < -0.4 is 0 Å². The third-order valence-corrected chi connectivity index (χ3v) is 7.35. The van der Waals surface area contributed by atoms with Crippen molar-refractivity contribution in [1.29, 1.82) is 0 Å². The molecule has 0 spiro atoms. The van der Waals surface area contributed by atoms with E-state index < -0.39 is 42.0 Å². The Balaban J connectivity index is 5.00. The molecule has 0 rings (SSSR count). The molecule has 7 nitrogen and oxygen atoms in total. The second-order valence-electron chi connectivity index (χ2n) is 10.9. The number of carbonyl (C=O) groups excluding carboxylic acids is 3. The number of rotatable bonds is 27. The van der Waals surface area contributed by atoms with E-state index in [-0.39, 0.29) is 19.3 Å². The van der Waals surface area contributed by atoms with Gasteiger partial charge in [-0.05, 0) is 19.3 Å². The van der Waals surface area contributed by atoms with Crippen molar-refractivity contribution < 1.29 is 34.4 Å². The largest absolute Gasteiger partial charge is 0.463 e. The van der Waals surface area contributed by atoms with Gasteiger partial charge >= 0.3 is 5.97 Å². The lowest BCUT2D eigenvalue weighted by Gasteiger charge is -2.34. The molecule has 0 aliphatic heterocycles. The first-order valence-electron chi connectivity index (χ1n) is 15.6. The van der Waals surface area contributed by atoms with Gasteiger partial charge in [-0.3, -0.25) is 14.4 Å². The van der Waals surface area contributed by atoms with Crippen LogP contribution in [0.5, 0.6) is 0 Å². The second-order valence-corrected chi connectivity index (χ2v) is 10.9. The summed E-state index contributed by atoms with van der Waals surface area (Å²) in [6.07, 6.45) is 13.5. The topological polar surface area (TPSA) is 121 Å². The van der Waals surface area contributed by atoms with E-state index in [1.807, 2.05) is 0 Å². The molecule has 224 valence electrons. The average molecular weight is 543 g/mol. The van der Waals surface area contributed by atoms with E-state index >= 15 is 0 Å². The third-order valence-electron chi connectivity index (χ3n) is 7.35. The van der Waals surface area contributed by atoms with E-state index in [0.717, 1.165) is 89.9 Å². The Bertz CT molecular complexity index is 621. The number of unbranched alkanes of at least 4 members (excludes halogenated alkanes) is 15. The van der Waals surface area contributed by atoms with Crippen molar-refractivity contribution in [2.75, 3.05) is 6.61 Å². The van der Waals surface area contributed by atoms with Crippen molar-refractivity contribution in [2.45, 2.75) is 173 Å². The summed E-state index contributed by atoms with van der Waals surface area (Å²) in [6.45, 7) is 5.74. The first-order chi connectivity index (χ1) is 18.2. The van der Waals surface area contributed by atoms with E-state index in [4.69, 9.17) is 4.74 Å². The molecule has 0 aromatic carbocycles. The summed E-state index contributed by atoms with van der Waals surface area (Å²) in [7, 11) is 0. The van der Waals surface area contributed by atoms with Crippen LogP contribution in [0.15, 0.2) is 0 Å². The number of ether oxygens (including phenoxy) is 1. The summed E-state index contributed by atoms with van der Waals surface area (Å²) in [6, 6.07) is 0. The Morgan fingerprint density at radius 3 is 1.47 bits per heavy atom. The zero-order valence-corrected chi connectivity index (χ0v) is 24.7. The van der Waals surface area contributed by atoms with Gasteiger partial charge in [-0.1, -0.05) is 117 Å². The number of hydrogen-bond donors (Lipinski definition) is 3. The number of aliphatic hydroxyl groups excluding tert-OH is 2. The highest BCUT2D eigenvalue weighted by Gasteiger charge is 2.51. The molecule has 0 fully saturated rings. The number of aliphatic hydroxyl groups is 3. The van der Waals surface area contributed by atoms with Gasteiger partial charge in [0.1, 0.15) is 12.7 Å². The Kier molecular flexibility index (Phi) is 22.8. The predicted octanol–water partition coefficient (Wildman–Crippen LogP) is 6.37. The standard InChI is InChI=1S/C31H58O7/c1-4-7-10-13-16-19-22-26(32)30(36)31(37,27(33)23-20-17-14-11-8-5-2)28(34)25-38-29(35)24-21-18-15-12-9-6-3/h28,30,34,36-37H,4-25H2,1-3H3. The molecule has 0 amide bonds. The van der Waals surface area contributed by atoms with Crippen molar-refractivity contribution in [3.05, 3.63) is 0 Å². The molecule has 3 atom stereocenters. The monoisotopic (exact) mass is 542 g/mol. The van der Waals surface area contributed by atoms with Crippen LogP contribution in [0.3, 0.4) is 0 Å². The number of hydrogen-bond acceptors (Lipinski definition) is 7. The molecule has 0 aromatic rings. The highest BCUT2D eigenvalue weighted by atomic mass is 16.5. The molecular weight excluding hydrogens is 484 g/mol. The maximum absolute atomic E-state index is 13.1. The minimum absolute atomic E-state index is 0.0183. The summed E-state index contributed by atoms with van der Waals surface area (Å²) in [5.74, 6) is -1.98. The van der Waals surface area contributed by atoms with Crippen LogP contribution in [0.25, 0.3) is 0 Å². The van der Waals surface area contributed by atoms with Crippen molar-refractivity contribution in [1.82, 2.24) is 0 Å². The van der Waals surface area contributed by atoms with Crippen molar-refractivity contribution >= 4 is 17.5 Å². The lowest BCUT2D eigenvalue weighted by Crippen LogP contribution is -2.62. The van der Waals surface area contributed by atoms with Gasteiger partial charge in [-0.2, -0.15) is 0 Å². The summed E-state index contributed by atoms with van der Waals surface area (Å²) < 4.78 is 5.14. The van der Waals surface area contributed by atoms with E-state index in [0.29, 0.717) is 19.3 Å². The Morgan fingerprint density at radius 2 is 1.00 bits per heavy atom. The zero-order chi connectivity index (χ0) is 28.7. The summed E-state index contributed by atoms with van der Waals surface area (Å²) in [5, 5.41) is 32.8. The predicted molar refractivity (Wildman–Crippen MR) is 152 cm³/mol. The van der Waals surface area contributed by atoms with Crippen molar-refractivity contribution in [2.24, 2.45) is 0 Å². The van der Waals surface area contributed by atoms with Crippen LogP contribution in [0.2, 0.25) is 0 Å². The van der Waals surface area contributed by atoms with Crippen LogP contribution in [0.1, 0.15) is 156 Å². The molecule has 3 unspecified atom stereocenters. The van der Waals surface area contributed by atoms with Gasteiger partial charge in [0.15, 0.2) is 23.3 Å². The molecule has 0 saturated heterocycles. The highest BCUT2D eigenvalue weighted by molar-refractivity contribution is 5.96. The highest BCUT2D eigenvalue weighted by Crippen LogP contribution is 2.25. The number of Topliss-reactive ketones (excluding diaryl/α,β-unsaturated/α-hetero) is 2. The lowest BCUT2D eigenvalue weighted by molar-refractivity contribution is -0.186. The minimum Gasteiger partial charge on any atom is -0.463 e. The zero-order valence-electron chi connectivity index (χ0n) is 24.7. The van der Waals surface area contributed by atoms with Gasteiger partial charge in [0.25, 0.3) is 0 Å². The molecule has 0 saturated carbocycles. The molecule has 0 aliphatic carbocycles. The summed E-state index contributed by atoms with van der Waals surface area (Å²) in [5.41, 5.74) is -2.69. The van der Waals surface area contributed by atoms with E-state index in [2.05, 4.69) is 20.8 Å². The van der Waals surface area contributed by atoms with Crippen LogP contribution in [0.4, 0.5) is 0 Å². The van der Waals surface area contributed by atoms with Gasteiger partial charge in [-0.25, -0.2) is 0 Å². The van der Waals surface area contributed by atoms with Crippen LogP contribution in [-0.4, -0.2) is 57.3 Å². The normalized spacial score (nSPS) is 14.6. The summed E-state index contributed by atoms with van der Waals surface area (Å²) in [4.78, 5) is 38.0. The molecule has 0 aliphatic rings. The maximum atomic E-state index is 13.1. The first-order valence-corrected chi connectivity index (χ1v) is 15.6. The Morgan fingerprint density at radius 1 is 0.605 bits per heavy atom. The van der Waals surface area contributed by atoms with Gasteiger partial charge in [-0.15, -0.1) is 0 Å². The quantitative estimate of drug-likeness (QED) is 0.0814. The summed E-state index contributed by atoms with van der Waals surface area (Å²) >= 11 is 0. The van der Waals surface area contributed by atoms with Gasteiger partial charge in [0, 0.05) is 19.3 Å². The number of ketones is 2. The first kappa shape index (κ1) is 36.7. The molecule has 38 heavy (non-hydrogen) atoms. The molecular formula is C31H58O7. The molecule has 0 aromatic heterocycles. The Labute approximate surface area is 232 Å². The number of carbonyl (C=O) groups is 3. The number of esters is 1. The van der Waals surface area contributed by atoms with Crippen molar-refractivity contribution in [3.63, 3.8) is 0 Å².